The third-order valence-electron chi connectivity index (χ3n) is 8.49. The van der Waals surface area contributed by atoms with Crippen LogP contribution in [-0.4, -0.2) is 45.0 Å². The minimum atomic E-state index is -0.741. The van der Waals surface area contributed by atoms with Crippen molar-refractivity contribution in [2.45, 2.75) is 45.2 Å². The van der Waals surface area contributed by atoms with Gasteiger partial charge in [-0.2, -0.15) is 0 Å². The number of carbonyl (C=O) groups is 3. The molecule has 1 spiro atoms. The second kappa shape index (κ2) is 10.5. The topological polar surface area (TPSA) is 113 Å². The third kappa shape index (κ3) is 5.08. The van der Waals surface area contributed by atoms with Crippen molar-refractivity contribution in [2.75, 3.05) is 6.54 Å². The third-order valence-corrected chi connectivity index (χ3v) is 8.49. The standard InChI is InChI=1S/C32H31FN4O4/c1-2-34-30(39)27-13-21(9-11-35-27)20-5-3-19(4-6-20)18-37-12-10-24-26(33)8-7-25(28(24)37)29(38)36-23-16-32(17-23)14-22(15-32)31(40)41/h3-13,22-23H,2,14-18H2,1H3,(H,34,39)(H,36,38)(H,40,41). The number of carboxylic acid groups (broad SMARTS) is 1. The van der Waals surface area contributed by atoms with Gasteiger partial charge in [-0.05, 0) is 85.0 Å². The number of pyridine rings is 1. The maximum atomic E-state index is 14.7. The summed E-state index contributed by atoms with van der Waals surface area (Å²) < 4.78 is 16.6. The van der Waals surface area contributed by atoms with Crippen LogP contribution in [0, 0.1) is 17.2 Å². The molecule has 4 aromatic rings. The van der Waals surface area contributed by atoms with Gasteiger partial charge in [0, 0.05) is 36.9 Å². The molecule has 2 aliphatic carbocycles. The maximum absolute atomic E-state index is 14.7. The highest BCUT2D eigenvalue weighted by Crippen LogP contribution is 2.58. The number of nitrogens with zero attached hydrogens (tertiary/aromatic N) is 2. The lowest BCUT2D eigenvalue weighted by Gasteiger charge is -2.56. The largest absolute Gasteiger partial charge is 0.481 e. The van der Waals surface area contributed by atoms with Gasteiger partial charge in [0.2, 0.25) is 0 Å². The van der Waals surface area contributed by atoms with Gasteiger partial charge >= 0.3 is 5.97 Å². The van der Waals surface area contributed by atoms with Crippen LogP contribution in [0.4, 0.5) is 4.39 Å². The van der Waals surface area contributed by atoms with Crippen molar-refractivity contribution in [3.63, 3.8) is 0 Å². The predicted octanol–water partition coefficient (Wildman–Crippen LogP) is 5.01. The van der Waals surface area contributed by atoms with Gasteiger partial charge in [-0.3, -0.25) is 19.4 Å². The quantitative estimate of drug-likeness (QED) is 0.283. The number of amides is 2. The number of hydrogen-bond donors (Lipinski definition) is 3. The molecule has 2 aliphatic rings. The lowest BCUT2D eigenvalue weighted by Crippen LogP contribution is -2.57. The lowest BCUT2D eigenvalue weighted by atomic mass is 9.50. The number of nitrogens with one attached hydrogen (secondary N) is 2. The van der Waals surface area contributed by atoms with Gasteiger partial charge in [-0.1, -0.05) is 24.3 Å². The maximum Gasteiger partial charge on any atom is 0.306 e. The van der Waals surface area contributed by atoms with Gasteiger partial charge in [-0.15, -0.1) is 0 Å². The Kier molecular flexibility index (Phi) is 6.81. The Bertz CT molecular complexity index is 1650. The van der Waals surface area contributed by atoms with Crippen molar-refractivity contribution in [3.8, 4) is 11.1 Å². The molecule has 2 fully saturated rings. The van der Waals surface area contributed by atoms with E-state index in [2.05, 4.69) is 15.6 Å². The van der Waals surface area contributed by atoms with Crippen LogP contribution in [0.2, 0.25) is 0 Å². The Morgan fingerprint density at radius 3 is 2.46 bits per heavy atom. The number of fused-ring (bicyclic) bond motifs is 1. The molecule has 0 atom stereocenters. The first-order chi connectivity index (χ1) is 19.7. The molecule has 2 saturated carbocycles. The first-order valence-corrected chi connectivity index (χ1v) is 13.9. The molecule has 41 heavy (non-hydrogen) atoms. The van der Waals surface area contributed by atoms with Gasteiger partial charge in [0.15, 0.2) is 0 Å². The van der Waals surface area contributed by atoms with Gasteiger partial charge in [0.25, 0.3) is 11.8 Å². The van der Waals surface area contributed by atoms with Gasteiger partial charge in [0.1, 0.15) is 11.5 Å². The molecule has 2 amide bonds. The van der Waals surface area contributed by atoms with E-state index in [-0.39, 0.29) is 35.0 Å². The fourth-order valence-corrected chi connectivity index (χ4v) is 6.43. The predicted molar refractivity (Wildman–Crippen MR) is 152 cm³/mol. The number of benzene rings is 2. The van der Waals surface area contributed by atoms with Crippen LogP contribution in [0.15, 0.2) is 67.0 Å². The highest BCUT2D eigenvalue weighted by molar-refractivity contribution is 6.06. The molecule has 210 valence electrons. The van der Waals surface area contributed by atoms with Crippen LogP contribution >= 0.6 is 0 Å². The molecule has 2 aromatic heterocycles. The van der Waals surface area contributed by atoms with Crippen LogP contribution < -0.4 is 10.6 Å². The van der Waals surface area contributed by atoms with E-state index in [4.69, 9.17) is 0 Å². The number of carbonyl (C=O) groups excluding carboxylic acids is 2. The molecule has 0 radical (unpaired) electrons. The molecule has 0 unspecified atom stereocenters. The van der Waals surface area contributed by atoms with Crippen LogP contribution in [0.25, 0.3) is 22.0 Å². The Hall–Kier alpha value is -4.53. The highest BCUT2D eigenvalue weighted by Gasteiger charge is 2.55. The zero-order valence-corrected chi connectivity index (χ0v) is 22.7. The molecule has 3 N–H and O–H groups in total. The van der Waals surface area contributed by atoms with E-state index in [1.54, 1.807) is 24.5 Å². The number of hydrogen-bond acceptors (Lipinski definition) is 4. The second-order valence-electron chi connectivity index (χ2n) is 11.3. The van der Waals surface area contributed by atoms with Gasteiger partial charge in [-0.25, -0.2) is 4.39 Å². The van der Waals surface area contributed by atoms with E-state index in [1.165, 1.54) is 12.1 Å². The highest BCUT2D eigenvalue weighted by atomic mass is 19.1. The molecule has 0 saturated heterocycles. The first-order valence-electron chi connectivity index (χ1n) is 13.9. The fraction of sp³-hybridized carbons (Fsp3) is 0.312. The molecular formula is C32H31FN4O4. The van der Waals surface area contributed by atoms with Crippen molar-refractivity contribution in [3.05, 3.63) is 89.6 Å². The van der Waals surface area contributed by atoms with Gasteiger partial charge in [0.05, 0.1) is 17.0 Å². The summed E-state index contributed by atoms with van der Waals surface area (Å²) >= 11 is 0. The summed E-state index contributed by atoms with van der Waals surface area (Å²) in [5.41, 5.74) is 4.13. The number of aromatic nitrogens is 2. The van der Waals surface area contributed by atoms with Crippen molar-refractivity contribution in [1.82, 2.24) is 20.2 Å². The van der Waals surface area contributed by atoms with Crippen LogP contribution in [0.1, 0.15) is 59.0 Å². The first kappa shape index (κ1) is 26.7. The van der Waals surface area contributed by atoms with E-state index in [9.17, 15) is 23.9 Å². The van der Waals surface area contributed by atoms with Crippen LogP contribution in [0.3, 0.4) is 0 Å². The molecule has 2 heterocycles. The molecule has 9 heteroatoms. The van der Waals surface area contributed by atoms with E-state index in [0.717, 1.165) is 29.5 Å². The summed E-state index contributed by atoms with van der Waals surface area (Å²) in [7, 11) is 0. The van der Waals surface area contributed by atoms with Crippen molar-refractivity contribution >= 4 is 28.7 Å². The SMILES string of the molecule is CCNC(=O)c1cc(-c2ccc(Cn3ccc4c(F)ccc(C(=O)NC5CC6(C5)CC(C(=O)O)C6)c43)cc2)ccn1. The number of aliphatic carboxylic acids is 1. The number of halogens is 1. The zero-order valence-electron chi connectivity index (χ0n) is 22.7. The Balaban J connectivity index is 1.18. The Morgan fingerprint density at radius 1 is 1.00 bits per heavy atom. The summed E-state index contributed by atoms with van der Waals surface area (Å²) in [5, 5.41) is 15.4. The zero-order chi connectivity index (χ0) is 28.7. The molecule has 8 nitrogen and oxygen atoms in total. The summed E-state index contributed by atoms with van der Waals surface area (Å²) in [6.07, 6.45) is 6.31. The van der Waals surface area contributed by atoms with Crippen LogP contribution in [-0.2, 0) is 11.3 Å². The minimum Gasteiger partial charge on any atom is -0.481 e. The average Bonchev–Trinajstić information content (AvgIpc) is 3.34. The van der Waals surface area contributed by atoms with E-state index < -0.39 is 5.97 Å². The monoisotopic (exact) mass is 554 g/mol. The van der Waals surface area contributed by atoms with E-state index in [1.807, 2.05) is 41.8 Å². The second-order valence-corrected chi connectivity index (χ2v) is 11.3. The molecule has 0 bridgehead atoms. The molecule has 0 aliphatic heterocycles. The molecular weight excluding hydrogens is 523 g/mol. The summed E-state index contributed by atoms with van der Waals surface area (Å²) in [6, 6.07) is 16.0. The average molecular weight is 555 g/mol. The lowest BCUT2D eigenvalue weighted by molar-refractivity contribution is -0.155. The Morgan fingerprint density at radius 2 is 1.76 bits per heavy atom. The van der Waals surface area contributed by atoms with Crippen LogP contribution in [0.5, 0.6) is 0 Å². The fourth-order valence-electron chi connectivity index (χ4n) is 6.43. The summed E-state index contributed by atoms with van der Waals surface area (Å²) in [6.45, 7) is 2.82. The van der Waals surface area contributed by atoms with Crippen molar-refractivity contribution in [2.24, 2.45) is 11.3 Å². The number of carboxylic acids is 1. The smallest absolute Gasteiger partial charge is 0.306 e. The number of rotatable bonds is 8. The molecule has 6 rings (SSSR count). The molecule has 2 aromatic carbocycles. The Labute approximate surface area is 236 Å². The van der Waals surface area contributed by atoms with E-state index in [0.29, 0.717) is 48.1 Å². The van der Waals surface area contributed by atoms with Crippen molar-refractivity contribution in [1.29, 1.82) is 0 Å². The van der Waals surface area contributed by atoms with Gasteiger partial charge < -0.3 is 20.3 Å². The minimum absolute atomic E-state index is 0.00458. The van der Waals surface area contributed by atoms with Crippen molar-refractivity contribution < 1.29 is 23.9 Å². The summed E-state index contributed by atoms with van der Waals surface area (Å²) in [5.74, 6) is -1.86. The van der Waals surface area contributed by atoms with E-state index >= 15 is 0 Å². The normalized spacial score (nSPS) is 21.2. The summed E-state index contributed by atoms with van der Waals surface area (Å²) in [4.78, 5) is 40.8.